The minimum absolute atomic E-state index is 0.0665. The average molecular weight is 396 g/mol. The van der Waals surface area contributed by atoms with Crippen LogP contribution in [0.25, 0.3) is 0 Å². The van der Waals surface area contributed by atoms with Gasteiger partial charge < -0.3 is 19.5 Å². The molecule has 0 radical (unpaired) electrons. The van der Waals surface area contributed by atoms with Gasteiger partial charge in [-0.3, -0.25) is 19.4 Å². The number of hydrogen-bond acceptors (Lipinski definition) is 5. The van der Waals surface area contributed by atoms with Gasteiger partial charge in [0, 0.05) is 50.4 Å². The van der Waals surface area contributed by atoms with E-state index < -0.39 is 0 Å². The number of amides is 2. The number of hydrogen-bond donors (Lipinski definition) is 1. The summed E-state index contributed by atoms with van der Waals surface area (Å²) >= 11 is 0. The third kappa shape index (κ3) is 3.50. The minimum atomic E-state index is -0.186. The molecule has 2 bridgehead atoms. The van der Waals surface area contributed by atoms with Gasteiger partial charge in [0.25, 0.3) is 11.5 Å². The zero-order valence-electron chi connectivity index (χ0n) is 16.5. The minimum Gasteiger partial charge on any atom is -0.494 e. The van der Waals surface area contributed by atoms with Crippen LogP contribution in [0.15, 0.2) is 41.5 Å². The molecule has 0 aromatic carbocycles. The van der Waals surface area contributed by atoms with Crippen molar-refractivity contribution in [2.75, 3.05) is 26.7 Å². The molecule has 152 valence electrons. The molecule has 8 nitrogen and oxygen atoms in total. The Bertz CT molecular complexity index is 1000. The largest absolute Gasteiger partial charge is 0.494 e. The highest BCUT2D eigenvalue weighted by atomic mass is 16.5. The molecule has 2 aliphatic rings. The first-order valence-corrected chi connectivity index (χ1v) is 9.72. The van der Waals surface area contributed by atoms with Gasteiger partial charge in [-0.15, -0.1) is 0 Å². The van der Waals surface area contributed by atoms with E-state index in [0.717, 1.165) is 12.1 Å². The maximum atomic E-state index is 13.2. The first kappa shape index (κ1) is 19.2. The Morgan fingerprint density at radius 3 is 2.86 bits per heavy atom. The monoisotopic (exact) mass is 396 g/mol. The van der Waals surface area contributed by atoms with E-state index >= 15 is 0 Å². The van der Waals surface area contributed by atoms with Crippen LogP contribution in [0.2, 0.25) is 0 Å². The lowest BCUT2D eigenvalue weighted by Crippen LogP contribution is -2.53. The van der Waals surface area contributed by atoms with Gasteiger partial charge in [-0.1, -0.05) is 6.07 Å². The number of carbonyl (C=O) groups is 2. The third-order valence-electron chi connectivity index (χ3n) is 5.88. The normalized spacial score (nSPS) is 22.6. The van der Waals surface area contributed by atoms with Crippen molar-refractivity contribution in [2.45, 2.75) is 25.3 Å². The van der Waals surface area contributed by atoms with Crippen molar-refractivity contribution in [3.05, 3.63) is 58.3 Å². The van der Waals surface area contributed by atoms with Crippen LogP contribution in [0, 0.1) is 5.92 Å². The highest BCUT2D eigenvalue weighted by Gasteiger charge is 2.42. The molecule has 4 heterocycles. The molecule has 4 rings (SSSR count). The Morgan fingerprint density at radius 2 is 2.10 bits per heavy atom. The fraction of sp³-hybridized carbons (Fsp3) is 0.429. The maximum Gasteiger partial charge on any atom is 0.257 e. The molecular formula is C21H24N4O4. The van der Waals surface area contributed by atoms with E-state index in [0.29, 0.717) is 30.9 Å². The molecule has 2 aromatic heterocycles. The predicted octanol–water partition coefficient (Wildman–Crippen LogP) is 1.19. The van der Waals surface area contributed by atoms with Gasteiger partial charge in [0.05, 0.1) is 24.9 Å². The number of nitrogens with one attached hydrogen (secondary N) is 1. The van der Waals surface area contributed by atoms with Crippen molar-refractivity contribution in [1.29, 1.82) is 0 Å². The van der Waals surface area contributed by atoms with Gasteiger partial charge in [-0.05, 0) is 24.5 Å². The first-order valence-electron chi connectivity index (χ1n) is 9.72. The number of methoxy groups -OCH3 is 1. The summed E-state index contributed by atoms with van der Waals surface area (Å²) in [5.74, 6) is 0.351. The first-order chi connectivity index (χ1) is 14.0. The Balaban J connectivity index is 1.68. The molecule has 1 N–H and O–H groups in total. The van der Waals surface area contributed by atoms with Crippen LogP contribution in [0.1, 0.15) is 41.4 Å². The van der Waals surface area contributed by atoms with E-state index in [9.17, 15) is 14.4 Å². The molecule has 2 aromatic rings. The molecule has 29 heavy (non-hydrogen) atoms. The number of ether oxygens (including phenoxy) is 1. The van der Waals surface area contributed by atoms with Crippen molar-refractivity contribution >= 4 is 11.8 Å². The van der Waals surface area contributed by atoms with Crippen molar-refractivity contribution in [3.63, 3.8) is 0 Å². The van der Waals surface area contributed by atoms with Crippen LogP contribution in [-0.4, -0.2) is 53.0 Å². The Kier molecular flexibility index (Phi) is 5.08. The van der Waals surface area contributed by atoms with Gasteiger partial charge in [-0.2, -0.15) is 0 Å². The van der Waals surface area contributed by atoms with Gasteiger partial charge in [0.1, 0.15) is 5.75 Å². The summed E-state index contributed by atoms with van der Waals surface area (Å²) in [5, 5.41) is 2.85. The quantitative estimate of drug-likeness (QED) is 0.838. The summed E-state index contributed by atoms with van der Waals surface area (Å²) in [5.41, 5.74) is 1.33. The van der Waals surface area contributed by atoms with Gasteiger partial charge >= 0.3 is 0 Å². The lowest BCUT2D eigenvalue weighted by molar-refractivity contribution is -0.119. The molecule has 3 atom stereocenters. The fourth-order valence-electron chi connectivity index (χ4n) is 4.61. The second-order valence-electron chi connectivity index (χ2n) is 7.64. The fourth-order valence-corrected chi connectivity index (χ4v) is 4.61. The molecule has 2 amide bonds. The standard InChI is InChI=1S/C21H24N4O4/c1-13(26)23-9-18-15-8-14(17-4-3-5-20(27)25(17)18)11-24(12-15)21(28)16-6-7-22-10-19(16)29-2/h3-7,10,14-15,18H,8-9,11-12H2,1-2H3,(H,23,26)/t14-,15+,18+/m1/s1. The number of piperidine rings is 1. The van der Waals surface area contributed by atoms with E-state index in [1.54, 1.807) is 24.4 Å². The molecule has 0 unspecified atom stereocenters. The van der Waals surface area contributed by atoms with E-state index in [1.807, 2.05) is 15.5 Å². The number of rotatable bonds is 4. The van der Waals surface area contributed by atoms with Crippen molar-refractivity contribution in [3.8, 4) is 5.75 Å². The summed E-state index contributed by atoms with van der Waals surface area (Å²) in [7, 11) is 1.52. The smallest absolute Gasteiger partial charge is 0.257 e. The second kappa shape index (κ2) is 7.69. The lowest BCUT2D eigenvalue weighted by Gasteiger charge is -2.47. The molecular weight excluding hydrogens is 372 g/mol. The topological polar surface area (TPSA) is 93.5 Å². The van der Waals surface area contributed by atoms with Crippen LogP contribution in [0.5, 0.6) is 5.75 Å². The van der Waals surface area contributed by atoms with Crippen molar-refractivity contribution in [1.82, 2.24) is 19.8 Å². The molecule has 1 fully saturated rings. The molecule has 1 saturated heterocycles. The van der Waals surface area contributed by atoms with Crippen molar-refractivity contribution < 1.29 is 14.3 Å². The Hall–Kier alpha value is -3.16. The Morgan fingerprint density at radius 1 is 1.28 bits per heavy atom. The van der Waals surface area contributed by atoms with Gasteiger partial charge in [-0.25, -0.2) is 0 Å². The molecule has 2 aliphatic heterocycles. The van der Waals surface area contributed by atoms with E-state index in [4.69, 9.17) is 4.74 Å². The lowest BCUT2D eigenvalue weighted by atomic mass is 9.78. The summed E-state index contributed by atoms with van der Waals surface area (Å²) in [6, 6.07) is 6.74. The number of fused-ring (bicyclic) bond motifs is 4. The Labute approximate surface area is 168 Å². The zero-order chi connectivity index (χ0) is 20.5. The van der Waals surface area contributed by atoms with E-state index in [2.05, 4.69) is 10.3 Å². The van der Waals surface area contributed by atoms with Gasteiger partial charge in [0.2, 0.25) is 5.91 Å². The maximum absolute atomic E-state index is 13.2. The zero-order valence-corrected chi connectivity index (χ0v) is 16.5. The van der Waals surface area contributed by atoms with E-state index in [1.165, 1.54) is 20.2 Å². The van der Waals surface area contributed by atoms with Crippen LogP contribution in [0.4, 0.5) is 0 Å². The summed E-state index contributed by atoms with van der Waals surface area (Å²) < 4.78 is 7.12. The number of carbonyl (C=O) groups excluding carboxylic acids is 2. The average Bonchev–Trinajstić information content (AvgIpc) is 2.73. The van der Waals surface area contributed by atoms with Crippen molar-refractivity contribution in [2.24, 2.45) is 5.92 Å². The predicted molar refractivity (Wildman–Crippen MR) is 106 cm³/mol. The third-order valence-corrected chi connectivity index (χ3v) is 5.88. The van der Waals surface area contributed by atoms with Crippen LogP contribution in [0.3, 0.4) is 0 Å². The summed E-state index contributed by atoms with van der Waals surface area (Å²) in [6.45, 7) is 2.89. The summed E-state index contributed by atoms with van der Waals surface area (Å²) in [6.07, 6.45) is 3.99. The molecule has 0 spiro atoms. The van der Waals surface area contributed by atoms with E-state index in [-0.39, 0.29) is 35.3 Å². The highest BCUT2D eigenvalue weighted by molar-refractivity contribution is 5.96. The van der Waals surface area contributed by atoms with Gasteiger partial charge in [0.15, 0.2) is 0 Å². The molecule has 8 heteroatoms. The molecule has 0 aliphatic carbocycles. The summed E-state index contributed by atoms with van der Waals surface area (Å²) in [4.78, 5) is 43.2. The van der Waals surface area contributed by atoms with Crippen LogP contribution in [-0.2, 0) is 4.79 Å². The second-order valence-corrected chi connectivity index (χ2v) is 7.64. The van der Waals surface area contributed by atoms with Crippen LogP contribution < -0.4 is 15.6 Å². The highest BCUT2D eigenvalue weighted by Crippen LogP contribution is 2.41. The molecule has 0 saturated carbocycles. The number of nitrogens with zero attached hydrogens (tertiary/aromatic N) is 3. The number of aromatic nitrogens is 2. The number of pyridine rings is 2. The number of likely N-dealkylation sites (tertiary alicyclic amines) is 1. The SMILES string of the molecule is COc1cnccc1C(=O)N1C[C@H]2C[C@@H](C1)[C@H](CNC(C)=O)n1c2cccc1=O. The van der Waals surface area contributed by atoms with Crippen LogP contribution >= 0.6 is 0 Å².